The van der Waals surface area contributed by atoms with Gasteiger partial charge in [0.25, 0.3) is 0 Å². The molecule has 0 unspecified atom stereocenters. The topological polar surface area (TPSA) is 9.23 Å². The van der Waals surface area contributed by atoms with Crippen molar-refractivity contribution in [2.75, 3.05) is 13.2 Å². The summed E-state index contributed by atoms with van der Waals surface area (Å²) < 4.78 is 4.98. The SMILES string of the molecule is CCC.CCCC.CCCOCC. The van der Waals surface area contributed by atoms with Gasteiger partial charge in [-0.05, 0) is 13.3 Å². The van der Waals surface area contributed by atoms with Crippen LogP contribution in [0.5, 0.6) is 0 Å². The molecule has 84 valence electrons. The minimum absolute atomic E-state index is 0.855. The van der Waals surface area contributed by atoms with E-state index < -0.39 is 0 Å². The minimum Gasteiger partial charge on any atom is -0.382 e. The molecule has 1 nitrogen and oxygen atoms in total. The first-order valence-electron chi connectivity index (χ1n) is 5.82. The second-order valence-corrected chi connectivity index (χ2v) is 2.90. The van der Waals surface area contributed by atoms with Gasteiger partial charge in [0.2, 0.25) is 0 Å². The average molecular weight is 190 g/mol. The summed E-state index contributed by atoms with van der Waals surface area (Å²) in [5, 5.41) is 0. The first-order valence-corrected chi connectivity index (χ1v) is 5.82. The van der Waals surface area contributed by atoms with Gasteiger partial charge in [0.05, 0.1) is 0 Å². The van der Waals surface area contributed by atoms with Crippen molar-refractivity contribution in [3.63, 3.8) is 0 Å². The quantitative estimate of drug-likeness (QED) is 0.586. The highest BCUT2D eigenvalue weighted by Gasteiger charge is 1.72. The van der Waals surface area contributed by atoms with Crippen molar-refractivity contribution in [1.82, 2.24) is 0 Å². The van der Waals surface area contributed by atoms with Crippen LogP contribution in [0.15, 0.2) is 0 Å². The van der Waals surface area contributed by atoms with Gasteiger partial charge in [0, 0.05) is 13.2 Å². The van der Waals surface area contributed by atoms with Crippen LogP contribution < -0.4 is 0 Å². The molecule has 13 heavy (non-hydrogen) atoms. The van der Waals surface area contributed by atoms with Gasteiger partial charge in [-0.2, -0.15) is 0 Å². The average Bonchev–Trinajstić information content (AvgIpc) is 2.16. The first-order chi connectivity index (χ1) is 6.24. The molecule has 0 aromatic heterocycles. The Balaban J connectivity index is -0.000000125. The van der Waals surface area contributed by atoms with Crippen LogP contribution in [-0.4, -0.2) is 13.2 Å². The molecule has 0 aliphatic rings. The lowest BCUT2D eigenvalue weighted by molar-refractivity contribution is 0.148. The fourth-order valence-corrected chi connectivity index (χ4v) is 0.289. The Labute approximate surface area is 85.9 Å². The number of hydrogen-bond donors (Lipinski definition) is 0. The van der Waals surface area contributed by atoms with Crippen molar-refractivity contribution in [3.8, 4) is 0 Å². The third-order valence-electron chi connectivity index (χ3n) is 1.05. The van der Waals surface area contributed by atoms with E-state index in [0.717, 1.165) is 19.6 Å². The molecule has 0 fully saturated rings. The first kappa shape index (κ1) is 18.7. The van der Waals surface area contributed by atoms with Crippen molar-refractivity contribution in [1.29, 1.82) is 0 Å². The van der Waals surface area contributed by atoms with Gasteiger partial charge in [-0.15, -0.1) is 0 Å². The molecule has 0 amide bonds. The summed E-state index contributed by atoms with van der Waals surface area (Å²) in [5.41, 5.74) is 0. The number of ether oxygens (including phenoxy) is 1. The number of hydrogen-bond acceptors (Lipinski definition) is 1. The van der Waals surface area contributed by atoms with Gasteiger partial charge in [0.1, 0.15) is 0 Å². The van der Waals surface area contributed by atoms with Gasteiger partial charge in [-0.3, -0.25) is 0 Å². The van der Waals surface area contributed by atoms with Gasteiger partial charge in [-0.1, -0.05) is 53.9 Å². The van der Waals surface area contributed by atoms with E-state index in [4.69, 9.17) is 4.74 Å². The molecule has 0 atom stereocenters. The number of unbranched alkanes of at least 4 members (excludes halogenated alkanes) is 1. The standard InChI is InChI=1S/C5H12O.C4H10.C3H8/c1-3-5-6-4-2;1-3-4-2;1-3-2/h3-5H2,1-2H3;3-4H2,1-2H3;3H2,1-2H3. The molecule has 0 saturated carbocycles. The van der Waals surface area contributed by atoms with E-state index in [2.05, 4.69) is 34.6 Å². The lowest BCUT2D eigenvalue weighted by Gasteiger charge is -1.91. The van der Waals surface area contributed by atoms with E-state index in [1.54, 1.807) is 0 Å². The summed E-state index contributed by atoms with van der Waals surface area (Å²) in [6.07, 6.45) is 5.02. The van der Waals surface area contributed by atoms with Crippen molar-refractivity contribution in [3.05, 3.63) is 0 Å². The Kier molecular flexibility index (Phi) is 42.6. The van der Waals surface area contributed by atoms with E-state index in [-0.39, 0.29) is 0 Å². The summed E-state index contributed by atoms with van der Waals surface area (Å²) in [7, 11) is 0. The Hall–Kier alpha value is -0.0400. The van der Waals surface area contributed by atoms with Crippen LogP contribution in [0, 0.1) is 0 Å². The largest absolute Gasteiger partial charge is 0.382 e. The molecular formula is C12H30O. The Morgan fingerprint density at radius 2 is 1.08 bits per heavy atom. The second-order valence-electron chi connectivity index (χ2n) is 2.90. The summed E-state index contributed by atoms with van der Waals surface area (Å²) >= 11 is 0. The zero-order chi connectivity index (χ0) is 10.9. The highest BCUT2D eigenvalue weighted by Crippen LogP contribution is 1.77. The third-order valence-corrected chi connectivity index (χ3v) is 1.05. The molecule has 0 radical (unpaired) electrons. The molecule has 0 aliphatic heterocycles. The lowest BCUT2D eigenvalue weighted by Crippen LogP contribution is -1.88. The minimum atomic E-state index is 0.855. The predicted octanol–water partition coefficient (Wildman–Crippen LogP) is 4.66. The van der Waals surface area contributed by atoms with Crippen LogP contribution in [0.3, 0.4) is 0 Å². The maximum atomic E-state index is 4.98. The summed E-state index contributed by atoms with van der Waals surface area (Å²) in [6, 6.07) is 0. The third kappa shape index (κ3) is 75.7. The van der Waals surface area contributed by atoms with Crippen LogP contribution in [0.2, 0.25) is 0 Å². The van der Waals surface area contributed by atoms with Crippen molar-refractivity contribution in [2.45, 2.75) is 67.2 Å². The fraction of sp³-hybridized carbons (Fsp3) is 1.00. The molecule has 0 bridgehead atoms. The summed E-state index contributed by atoms with van der Waals surface area (Å²) in [5.74, 6) is 0. The van der Waals surface area contributed by atoms with E-state index >= 15 is 0 Å². The maximum Gasteiger partial charge on any atom is 0.0463 e. The normalized spacial score (nSPS) is 7.85. The maximum absolute atomic E-state index is 4.98. The Morgan fingerprint density at radius 3 is 1.15 bits per heavy atom. The highest BCUT2D eigenvalue weighted by molar-refractivity contribution is 4.19. The van der Waals surface area contributed by atoms with Crippen LogP contribution in [-0.2, 0) is 4.74 Å². The zero-order valence-electron chi connectivity index (χ0n) is 10.7. The highest BCUT2D eigenvalue weighted by atomic mass is 16.5. The zero-order valence-corrected chi connectivity index (χ0v) is 10.7. The lowest BCUT2D eigenvalue weighted by atomic mass is 10.4. The van der Waals surface area contributed by atoms with Gasteiger partial charge >= 0.3 is 0 Å². The smallest absolute Gasteiger partial charge is 0.0463 e. The molecule has 1 heteroatoms. The Bertz CT molecular complexity index is 38.4. The molecule has 0 spiro atoms. The monoisotopic (exact) mass is 190 g/mol. The number of rotatable bonds is 4. The molecule has 0 saturated heterocycles. The second kappa shape index (κ2) is 29.7. The van der Waals surface area contributed by atoms with Crippen LogP contribution in [0.4, 0.5) is 0 Å². The van der Waals surface area contributed by atoms with Gasteiger partial charge in [0.15, 0.2) is 0 Å². The van der Waals surface area contributed by atoms with E-state index in [1.165, 1.54) is 19.3 Å². The molecule has 0 aromatic carbocycles. The molecular weight excluding hydrogens is 160 g/mol. The molecule has 0 N–H and O–H groups in total. The van der Waals surface area contributed by atoms with Crippen LogP contribution in [0.25, 0.3) is 0 Å². The fourth-order valence-electron chi connectivity index (χ4n) is 0.289. The molecule has 0 heterocycles. The predicted molar refractivity (Wildman–Crippen MR) is 63.3 cm³/mol. The van der Waals surface area contributed by atoms with Crippen molar-refractivity contribution < 1.29 is 4.74 Å². The van der Waals surface area contributed by atoms with E-state index in [1.807, 2.05) is 6.92 Å². The van der Waals surface area contributed by atoms with Crippen molar-refractivity contribution >= 4 is 0 Å². The van der Waals surface area contributed by atoms with Gasteiger partial charge < -0.3 is 4.74 Å². The summed E-state index contributed by atoms with van der Waals surface area (Å²) in [6.45, 7) is 14.5. The van der Waals surface area contributed by atoms with Crippen molar-refractivity contribution in [2.24, 2.45) is 0 Å². The van der Waals surface area contributed by atoms with Gasteiger partial charge in [-0.25, -0.2) is 0 Å². The summed E-state index contributed by atoms with van der Waals surface area (Å²) in [4.78, 5) is 0. The molecule has 0 aliphatic carbocycles. The molecule has 0 aromatic rings. The molecule has 0 rings (SSSR count). The van der Waals surface area contributed by atoms with E-state index in [0.29, 0.717) is 0 Å². The van der Waals surface area contributed by atoms with E-state index in [9.17, 15) is 0 Å². The Morgan fingerprint density at radius 1 is 0.692 bits per heavy atom. The van der Waals surface area contributed by atoms with Crippen LogP contribution in [0.1, 0.15) is 67.2 Å². The van der Waals surface area contributed by atoms with Crippen LogP contribution >= 0.6 is 0 Å².